The Bertz CT molecular complexity index is 328. The van der Waals surface area contributed by atoms with Gasteiger partial charge in [0.2, 0.25) is 0 Å². The highest BCUT2D eigenvalue weighted by Crippen LogP contribution is 2.46. The van der Waals surface area contributed by atoms with Gasteiger partial charge in [0.25, 0.3) is 5.91 Å². The largest absolute Gasteiger partial charge is 0.396 e. The van der Waals surface area contributed by atoms with Crippen LogP contribution in [0.4, 0.5) is 13.2 Å². The summed E-state index contributed by atoms with van der Waals surface area (Å²) in [5, 5.41) is 6.97. The maximum absolute atomic E-state index is 12.7. The number of amides is 1. The molecule has 2 rings (SSSR count). The van der Waals surface area contributed by atoms with Crippen molar-refractivity contribution < 1.29 is 18.0 Å². The third-order valence-electron chi connectivity index (χ3n) is 3.03. The number of halogens is 3. The maximum atomic E-state index is 12.7. The Balaban J connectivity index is 2.35. The highest BCUT2D eigenvalue weighted by molar-refractivity contribution is 5.89. The van der Waals surface area contributed by atoms with Crippen molar-refractivity contribution in [3.8, 4) is 0 Å². The monoisotopic (exact) mass is 221 g/mol. The van der Waals surface area contributed by atoms with Gasteiger partial charge < -0.3 is 4.90 Å². The molecular weight excluding hydrogens is 211 g/mol. The zero-order valence-corrected chi connectivity index (χ0v) is 8.08. The maximum Gasteiger partial charge on any atom is 0.396 e. The summed E-state index contributed by atoms with van der Waals surface area (Å²) in [6, 6.07) is 0. The van der Waals surface area contributed by atoms with E-state index in [1.54, 1.807) is 0 Å². The normalized spacial score (nSPS) is 35.9. The topological polar surface area (TPSA) is 45.0 Å². The van der Waals surface area contributed by atoms with Crippen molar-refractivity contribution in [2.75, 3.05) is 20.1 Å². The zero-order chi connectivity index (χ0) is 11.3. The lowest BCUT2D eigenvalue weighted by Crippen LogP contribution is -2.48. The number of hydrogen-bond acceptors (Lipinski definition) is 3. The van der Waals surface area contributed by atoms with Gasteiger partial charge >= 0.3 is 6.18 Å². The molecule has 4 nitrogen and oxygen atoms in total. The minimum Gasteiger partial charge on any atom is -0.343 e. The molecule has 0 aromatic carbocycles. The number of nitrogens with zero attached hydrogens (tertiary/aromatic N) is 3. The molecule has 1 spiro atoms. The van der Waals surface area contributed by atoms with Gasteiger partial charge in [-0.1, -0.05) is 0 Å². The van der Waals surface area contributed by atoms with E-state index in [2.05, 4.69) is 10.2 Å². The van der Waals surface area contributed by atoms with E-state index in [4.69, 9.17) is 0 Å². The lowest BCUT2D eigenvalue weighted by atomic mass is 9.83. The number of likely N-dealkylation sites (N-methyl/N-ethyl adjacent to an activating group) is 1. The Hall–Kier alpha value is -1.14. The Morgan fingerprint density at radius 3 is 2.67 bits per heavy atom. The van der Waals surface area contributed by atoms with Gasteiger partial charge in [-0.05, 0) is 0 Å². The molecule has 0 N–H and O–H groups in total. The highest BCUT2D eigenvalue weighted by atomic mass is 19.4. The SMILES string of the molecule is CN1CCC2(N=NCC2C(F)(F)F)C1=O. The molecule has 1 saturated heterocycles. The highest BCUT2D eigenvalue weighted by Gasteiger charge is 2.63. The van der Waals surface area contributed by atoms with E-state index in [9.17, 15) is 18.0 Å². The minimum absolute atomic E-state index is 0.107. The predicted molar refractivity (Wildman–Crippen MR) is 44.3 cm³/mol. The average molecular weight is 221 g/mol. The Morgan fingerprint density at radius 2 is 2.20 bits per heavy atom. The molecule has 2 unspecified atom stereocenters. The van der Waals surface area contributed by atoms with E-state index in [0.717, 1.165) is 0 Å². The van der Waals surface area contributed by atoms with Crippen LogP contribution in [0.25, 0.3) is 0 Å². The van der Waals surface area contributed by atoms with Gasteiger partial charge in [0.15, 0.2) is 5.54 Å². The second kappa shape index (κ2) is 2.93. The summed E-state index contributed by atoms with van der Waals surface area (Å²) < 4.78 is 38.0. The summed E-state index contributed by atoms with van der Waals surface area (Å²) in [7, 11) is 1.48. The molecule has 0 aromatic heterocycles. The number of hydrogen-bond donors (Lipinski definition) is 0. The number of carbonyl (C=O) groups excluding carboxylic acids is 1. The van der Waals surface area contributed by atoms with Crippen molar-refractivity contribution in [3.05, 3.63) is 0 Å². The summed E-state index contributed by atoms with van der Waals surface area (Å²) in [5.74, 6) is -2.31. The van der Waals surface area contributed by atoms with Crippen LogP contribution in [0.1, 0.15) is 6.42 Å². The molecule has 2 atom stereocenters. The fraction of sp³-hybridized carbons (Fsp3) is 0.875. The summed E-state index contributed by atoms with van der Waals surface area (Å²) in [6.45, 7) is -0.118. The third-order valence-corrected chi connectivity index (χ3v) is 3.03. The molecule has 0 aliphatic carbocycles. The first-order chi connectivity index (χ1) is 6.88. The number of carbonyl (C=O) groups is 1. The van der Waals surface area contributed by atoms with Gasteiger partial charge in [-0.15, -0.1) is 0 Å². The quantitative estimate of drug-likeness (QED) is 0.606. The second-order valence-electron chi connectivity index (χ2n) is 3.92. The van der Waals surface area contributed by atoms with E-state index in [-0.39, 0.29) is 6.42 Å². The molecule has 0 radical (unpaired) electrons. The van der Waals surface area contributed by atoms with Crippen molar-refractivity contribution in [3.63, 3.8) is 0 Å². The Labute approximate surface area is 84.1 Å². The summed E-state index contributed by atoms with van der Waals surface area (Å²) in [6.07, 6.45) is -4.31. The Morgan fingerprint density at radius 1 is 1.53 bits per heavy atom. The van der Waals surface area contributed by atoms with E-state index in [1.807, 2.05) is 0 Å². The van der Waals surface area contributed by atoms with Crippen molar-refractivity contribution in [2.45, 2.75) is 18.1 Å². The van der Waals surface area contributed by atoms with Crippen molar-refractivity contribution in [1.29, 1.82) is 0 Å². The minimum atomic E-state index is -4.41. The van der Waals surface area contributed by atoms with Crippen LogP contribution in [0.5, 0.6) is 0 Å². The first kappa shape index (κ1) is 10.4. The van der Waals surface area contributed by atoms with Crippen LogP contribution in [0.3, 0.4) is 0 Å². The molecule has 0 aromatic rings. The zero-order valence-electron chi connectivity index (χ0n) is 8.08. The molecule has 2 heterocycles. The molecule has 2 aliphatic rings. The molecule has 0 saturated carbocycles. The van der Waals surface area contributed by atoms with E-state index in [1.165, 1.54) is 11.9 Å². The van der Waals surface area contributed by atoms with Gasteiger partial charge in [-0.25, -0.2) is 0 Å². The lowest BCUT2D eigenvalue weighted by molar-refractivity contribution is -0.187. The van der Waals surface area contributed by atoms with Gasteiger partial charge in [-0.3, -0.25) is 4.79 Å². The van der Waals surface area contributed by atoms with E-state index in [0.29, 0.717) is 6.54 Å². The van der Waals surface area contributed by atoms with Crippen LogP contribution in [0.15, 0.2) is 10.2 Å². The number of azo groups is 1. The van der Waals surface area contributed by atoms with Crippen LogP contribution < -0.4 is 0 Å². The van der Waals surface area contributed by atoms with Gasteiger partial charge in [0.05, 0.1) is 6.54 Å². The van der Waals surface area contributed by atoms with Gasteiger partial charge in [0.1, 0.15) is 5.92 Å². The number of likely N-dealkylation sites (tertiary alicyclic amines) is 1. The van der Waals surface area contributed by atoms with E-state index < -0.39 is 30.1 Å². The average Bonchev–Trinajstić information content (AvgIpc) is 2.66. The third kappa shape index (κ3) is 1.32. The first-order valence-electron chi connectivity index (χ1n) is 4.59. The first-order valence-corrected chi connectivity index (χ1v) is 4.59. The van der Waals surface area contributed by atoms with Crippen LogP contribution >= 0.6 is 0 Å². The summed E-state index contributed by atoms with van der Waals surface area (Å²) in [5.41, 5.74) is -1.66. The molecule has 15 heavy (non-hydrogen) atoms. The second-order valence-corrected chi connectivity index (χ2v) is 3.92. The van der Waals surface area contributed by atoms with Gasteiger partial charge in [0, 0.05) is 20.0 Å². The molecule has 0 bridgehead atoms. The molecule has 7 heteroatoms. The van der Waals surface area contributed by atoms with Crippen LogP contribution in [-0.4, -0.2) is 42.7 Å². The van der Waals surface area contributed by atoms with Crippen LogP contribution in [0.2, 0.25) is 0 Å². The molecule has 1 fully saturated rings. The van der Waals surface area contributed by atoms with Crippen molar-refractivity contribution >= 4 is 5.91 Å². The summed E-state index contributed by atoms with van der Waals surface area (Å²) >= 11 is 0. The molecule has 84 valence electrons. The number of alkyl halides is 3. The molecule has 2 aliphatic heterocycles. The van der Waals surface area contributed by atoms with Crippen LogP contribution in [0, 0.1) is 5.92 Å². The van der Waals surface area contributed by atoms with Gasteiger partial charge in [-0.2, -0.15) is 23.4 Å². The fourth-order valence-electron chi connectivity index (χ4n) is 2.14. The van der Waals surface area contributed by atoms with Crippen LogP contribution in [-0.2, 0) is 4.79 Å². The Kier molecular flexibility index (Phi) is 2.03. The number of rotatable bonds is 0. The standard InChI is InChI=1S/C8H10F3N3O/c1-14-3-2-7(6(14)15)5(4-12-13-7)8(9,10)11/h5H,2-4H2,1H3. The summed E-state index contributed by atoms with van der Waals surface area (Å²) in [4.78, 5) is 12.9. The predicted octanol–water partition coefficient (Wildman–Crippen LogP) is 1.23. The lowest BCUT2D eigenvalue weighted by Gasteiger charge is -2.26. The smallest absolute Gasteiger partial charge is 0.343 e. The van der Waals surface area contributed by atoms with E-state index >= 15 is 0 Å². The van der Waals surface area contributed by atoms with Crippen molar-refractivity contribution in [2.24, 2.45) is 16.1 Å². The molecule has 1 amide bonds. The van der Waals surface area contributed by atoms with Crippen molar-refractivity contribution in [1.82, 2.24) is 4.90 Å². The fourth-order valence-corrected chi connectivity index (χ4v) is 2.14. The molecular formula is C8H10F3N3O.